The van der Waals surface area contributed by atoms with Crippen molar-refractivity contribution in [1.29, 1.82) is 0 Å². The highest BCUT2D eigenvalue weighted by Crippen LogP contribution is 2.07. The van der Waals surface area contributed by atoms with E-state index in [1.165, 1.54) is 7.11 Å². The zero-order chi connectivity index (χ0) is 11.3. The first-order valence-corrected chi connectivity index (χ1v) is 4.59. The Morgan fingerprint density at radius 3 is 2.93 bits per heavy atom. The second-order valence-corrected chi connectivity index (χ2v) is 3.30. The predicted molar refractivity (Wildman–Crippen MR) is 53.5 cm³/mol. The molecule has 1 atom stereocenters. The summed E-state index contributed by atoms with van der Waals surface area (Å²) in [5.74, 6) is -0.161. The summed E-state index contributed by atoms with van der Waals surface area (Å²) in [5.41, 5.74) is 0. The van der Waals surface area contributed by atoms with Crippen molar-refractivity contribution in [3.05, 3.63) is 24.2 Å². The molecule has 0 radical (unpaired) electrons. The Morgan fingerprint density at radius 1 is 1.73 bits per heavy atom. The van der Waals surface area contributed by atoms with Crippen molar-refractivity contribution in [2.75, 3.05) is 20.8 Å². The number of methoxy groups -OCH3 is 1. The van der Waals surface area contributed by atoms with E-state index in [1.54, 1.807) is 24.3 Å². The van der Waals surface area contributed by atoms with Gasteiger partial charge in [-0.15, -0.1) is 0 Å². The number of ether oxygens (including phenoxy) is 1. The van der Waals surface area contributed by atoms with Gasteiger partial charge in [0, 0.05) is 7.11 Å². The Labute approximate surface area is 88.2 Å². The molecule has 5 nitrogen and oxygen atoms in total. The number of carboxylic acids is 1. The van der Waals surface area contributed by atoms with Gasteiger partial charge in [-0.1, -0.05) is 0 Å². The molecule has 0 saturated heterocycles. The maximum absolute atomic E-state index is 10.9. The van der Waals surface area contributed by atoms with Crippen LogP contribution in [0, 0.1) is 0 Å². The van der Waals surface area contributed by atoms with Gasteiger partial charge in [0.15, 0.2) is 0 Å². The first-order valence-electron chi connectivity index (χ1n) is 4.59. The molecule has 1 aromatic rings. The molecule has 1 N–H and O–H groups in total. The van der Waals surface area contributed by atoms with Gasteiger partial charge in [-0.05, 0) is 19.2 Å². The van der Waals surface area contributed by atoms with E-state index in [2.05, 4.69) is 0 Å². The van der Waals surface area contributed by atoms with Crippen LogP contribution in [-0.4, -0.2) is 42.8 Å². The van der Waals surface area contributed by atoms with Crippen LogP contribution in [0.4, 0.5) is 0 Å². The van der Waals surface area contributed by atoms with Gasteiger partial charge in [0.1, 0.15) is 11.8 Å². The Morgan fingerprint density at radius 2 is 2.47 bits per heavy atom. The maximum Gasteiger partial charge on any atom is 0.323 e. The average molecular weight is 213 g/mol. The van der Waals surface area contributed by atoms with E-state index in [1.807, 2.05) is 6.07 Å². The van der Waals surface area contributed by atoms with Gasteiger partial charge in [0.2, 0.25) is 0 Å². The number of hydrogen-bond acceptors (Lipinski definition) is 4. The molecule has 84 valence electrons. The third kappa shape index (κ3) is 3.38. The van der Waals surface area contributed by atoms with Crippen LogP contribution in [0.2, 0.25) is 0 Å². The van der Waals surface area contributed by atoms with E-state index < -0.39 is 12.0 Å². The number of furan rings is 1. The molecule has 0 aliphatic heterocycles. The summed E-state index contributed by atoms with van der Waals surface area (Å²) in [5, 5.41) is 8.95. The monoisotopic (exact) mass is 213 g/mol. The molecule has 0 bridgehead atoms. The predicted octanol–water partition coefficient (Wildman–Crippen LogP) is 0.811. The second kappa shape index (κ2) is 5.53. The first-order chi connectivity index (χ1) is 7.15. The first kappa shape index (κ1) is 11.7. The molecule has 0 aliphatic carbocycles. The smallest absolute Gasteiger partial charge is 0.323 e. The topological polar surface area (TPSA) is 62.9 Å². The molecule has 0 aromatic carbocycles. The molecule has 1 rings (SSSR count). The molecule has 1 unspecified atom stereocenters. The molecule has 1 heterocycles. The molecule has 0 saturated carbocycles. The molecule has 0 spiro atoms. The van der Waals surface area contributed by atoms with Gasteiger partial charge in [-0.25, -0.2) is 0 Å². The molecule has 0 amide bonds. The van der Waals surface area contributed by atoms with Crippen LogP contribution >= 0.6 is 0 Å². The van der Waals surface area contributed by atoms with Crippen molar-refractivity contribution in [1.82, 2.24) is 4.90 Å². The number of carbonyl (C=O) groups is 1. The van der Waals surface area contributed by atoms with Crippen LogP contribution in [0.15, 0.2) is 22.8 Å². The number of likely N-dealkylation sites (N-methyl/N-ethyl adjacent to an activating group) is 1. The van der Waals surface area contributed by atoms with Crippen molar-refractivity contribution in [2.45, 2.75) is 12.6 Å². The third-order valence-corrected chi connectivity index (χ3v) is 2.13. The highest BCUT2D eigenvalue weighted by Gasteiger charge is 2.22. The summed E-state index contributed by atoms with van der Waals surface area (Å²) in [6.07, 6.45) is 1.56. The lowest BCUT2D eigenvalue weighted by Gasteiger charge is -2.22. The number of aliphatic carboxylic acids is 1. The Hall–Kier alpha value is -1.33. The largest absolute Gasteiger partial charge is 0.480 e. The van der Waals surface area contributed by atoms with E-state index in [4.69, 9.17) is 14.3 Å². The van der Waals surface area contributed by atoms with Gasteiger partial charge in [0.25, 0.3) is 0 Å². The van der Waals surface area contributed by atoms with Crippen molar-refractivity contribution in [3.8, 4) is 0 Å². The van der Waals surface area contributed by atoms with Crippen LogP contribution in [0.1, 0.15) is 5.76 Å². The number of carboxylic acid groups (broad SMARTS) is 1. The maximum atomic E-state index is 10.9. The molecular weight excluding hydrogens is 198 g/mol. The SMILES string of the molecule is COCC(C(=O)O)N(C)Cc1ccco1. The molecule has 5 heteroatoms. The molecule has 0 aliphatic rings. The Bertz CT molecular complexity index is 296. The van der Waals surface area contributed by atoms with E-state index in [0.29, 0.717) is 6.54 Å². The summed E-state index contributed by atoms with van der Waals surface area (Å²) in [7, 11) is 3.21. The van der Waals surface area contributed by atoms with Crippen LogP contribution in [0.25, 0.3) is 0 Å². The third-order valence-electron chi connectivity index (χ3n) is 2.13. The fourth-order valence-corrected chi connectivity index (χ4v) is 1.30. The number of hydrogen-bond donors (Lipinski definition) is 1. The summed E-state index contributed by atoms with van der Waals surface area (Å²) in [4.78, 5) is 12.6. The standard InChI is InChI=1S/C10H15NO4/c1-11(6-8-4-3-5-15-8)9(7-14-2)10(12)13/h3-5,9H,6-7H2,1-2H3,(H,12,13). The van der Waals surface area contributed by atoms with Crippen molar-refractivity contribution in [3.63, 3.8) is 0 Å². The zero-order valence-corrected chi connectivity index (χ0v) is 8.84. The second-order valence-electron chi connectivity index (χ2n) is 3.30. The van der Waals surface area contributed by atoms with E-state index in [-0.39, 0.29) is 6.61 Å². The van der Waals surface area contributed by atoms with E-state index in [9.17, 15) is 4.79 Å². The highest BCUT2D eigenvalue weighted by molar-refractivity contribution is 5.73. The minimum Gasteiger partial charge on any atom is -0.480 e. The summed E-state index contributed by atoms with van der Waals surface area (Å²) in [6.45, 7) is 0.611. The van der Waals surface area contributed by atoms with Crippen LogP contribution in [-0.2, 0) is 16.1 Å². The van der Waals surface area contributed by atoms with Gasteiger partial charge in [-0.3, -0.25) is 9.69 Å². The molecule has 1 aromatic heterocycles. The lowest BCUT2D eigenvalue weighted by Crippen LogP contribution is -2.41. The fourth-order valence-electron chi connectivity index (χ4n) is 1.30. The molecular formula is C10H15NO4. The van der Waals surface area contributed by atoms with Gasteiger partial charge >= 0.3 is 5.97 Å². The normalized spacial score (nSPS) is 13.0. The molecule has 15 heavy (non-hydrogen) atoms. The Balaban J connectivity index is 2.56. The lowest BCUT2D eigenvalue weighted by atomic mass is 10.2. The van der Waals surface area contributed by atoms with Crippen LogP contribution < -0.4 is 0 Å². The van der Waals surface area contributed by atoms with Gasteiger partial charge in [-0.2, -0.15) is 0 Å². The fraction of sp³-hybridized carbons (Fsp3) is 0.500. The van der Waals surface area contributed by atoms with E-state index in [0.717, 1.165) is 5.76 Å². The molecule has 0 fully saturated rings. The van der Waals surface area contributed by atoms with E-state index >= 15 is 0 Å². The van der Waals surface area contributed by atoms with Crippen LogP contribution in [0.3, 0.4) is 0 Å². The lowest BCUT2D eigenvalue weighted by molar-refractivity contribution is -0.145. The zero-order valence-electron chi connectivity index (χ0n) is 8.84. The summed E-state index contributed by atoms with van der Waals surface area (Å²) >= 11 is 0. The van der Waals surface area contributed by atoms with Crippen molar-refractivity contribution >= 4 is 5.97 Å². The summed E-state index contributed by atoms with van der Waals surface area (Å²) in [6, 6.07) is 2.93. The van der Waals surface area contributed by atoms with Crippen molar-refractivity contribution < 1.29 is 19.1 Å². The van der Waals surface area contributed by atoms with Gasteiger partial charge in [0.05, 0.1) is 19.4 Å². The number of rotatable bonds is 6. The average Bonchev–Trinajstić information content (AvgIpc) is 2.65. The highest BCUT2D eigenvalue weighted by atomic mass is 16.5. The van der Waals surface area contributed by atoms with Gasteiger partial charge < -0.3 is 14.3 Å². The summed E-state index contributed by atoms with van der Waals surface area (Å²) < 4.78 is 9.99. The number of nitrogens with zero attached hydrogens (tertiary/aromatic N) is 1. The van der Waals surface area contributed by atoms with Crippen molar-refractivity contribution in [2.24, 2.45) is 0 Å². The minimum absolute atomic E-state index is 0.159. The van der Waals surface area contributed by atoms with Crippen LogP contribution in [0.5, 0.6) is 0 Å². The Kier molecular flexibility index (Phi) is 4.33. The minimum atomic E-state index is -0.897. The quantitative estimate of drug-likeness (QED) is 0.757.